The summed E-state index contributed by atoms with van der Waals surface area (Å²) in [6.07, 6.45) is 0.926. The minimum Gasteiger partial charge on any atom is -0.505 e. The smallest absolute Gasteiger partial charge is 0.146 e. The van der Waals surface area contributed by atoms with E-state index >= 15 is 0 Å². The van der Waals surface area contributed by atoms with Gasteiger partial charge in [0.1, 0.15) is 17.1 Å². The van der Waals surface area contributed by atoms with Gasteiger partial charge >= 0.3 is 0 Å². The van der Waals surface area contributed by atoms with Crippen molar-refractivity contribution in [1.29, 1.82) is 0 Å². The van der Waals surface area contributed by atoms with E-state index in [9.17, 15) is 5.11 Å². The first-order chi connectivity index (χ1) is 10.7. The highest BCUT2D eigenvalue weighted by Crippen LogP contribution is 2.39. The Balaban J connectivity index is 2.42. The molecular formula is C19H25N3O. The average Bonchev–Trinajstić information content (AvgIpc) is 2.47. The minimum absolute atomic E-state index is 0.165. The Kier molecular flexibility index (Phi) is 4.73. The molecule has 2 aromatic carbocycles. The number of nitrogen functional groups attached to an aromatic ring is 1. The summed E-state index contributed by atoms with van der Waals surface area (Å²) in [5.41, 5.74) is 10.6. The predicted octanol–water partition coefficient (Wildman–Crippen LogP) is 5.56. The molecule has 3 N–H and O–H groups in total. The number of aryl methyl sites for hydroxylation is 2. The Morgan fingerprint density at radius 1 is 1.04 bits per heavy atom. The van der Waals surface area contributed by atoms with Gasteiger partial charge in [0.25, 0.3) is 0 Å². The summed E-state index contributed by atoms with van der Waals surface area (Å²) >= 11 is 0. The van der Waals surface area contributed by atoms with Crippen molar-refractivity contribution < 1.29 is 5.11 Å². The molecule has 0 aliphatic heterocycles. The Morgan fingerprint density at radius 2 is 1.70 bits per heavy atom. The first-order valence-corrected chi connectivity index (χ1v) is 7.86. The van der Waals surface area contributed by atoms with Crippen LogP contribution in [0.3, 0.4) is 0 Å². The lowest BCUT2D eigenvalue weighted by Gasteiger charge is -2.21. The van der Waals surface area contributed by atoms with Crippen LogP contribution in [0.15, 0.2) is 40.6 Å². The molecule has 0 amide bonds. The fourth-order valence-electron chi connectivity index (χ4n) is 2.43. The molecular weight excluding hydrogens is 286 g/mol. The number of benzene rings is 2. The molecule has 23 heavy (non-hydrogen) atoms. The normalized spacial score (nSPS) is 12.0. The van der Waals surface area contributed by atoms with Gasteiger partial charge in [0, 0.05) is 5.56 Å². The number of aromatic hydroxyl groups is 1. The highest BCUT2D eigenvalue weighted by Gasteiger charge is 2.20. The number of anilines is 1. The molecule has 0 saturated carbocycles. The maximum atomic E-state index is 10.5. The summed E-state index contributed by atoms with van der Waals surface area (Å²) in [7, 11) is 0. The number of azo groups is 1. The third kappa shape index (κ3) is 3.89. The van der Waals surface area contributed by atoms with Crippen LogP contribution in [0.4, 0.5) is 17.1 Å². The Labute approximate surface area is 138 Å². The van der Waals surface area contributed by atoms with E-state index in [4.69, 9.17) is 5.73 Å². The van der Waals surface area contributed by atoms with Crippen LogP contribution >= 0.6 is 0 Å². The van der Waals surface area contributed by atoms with Gasteiger partial charge in [-0.05, 0) is 48.1 Å². The van der Waals surface area contributed by atoms with Crippen LogP contribution in [-0.2, 0) is 11.8 Å². The standard InChI is InChI=1S/C19H25N3O/c1-6-13-7-8-16(15(20)11-13)21-22-17-10-12(2)9-14(18(17)23)19(3,4)5/h7-11,23H,6,20H2,1-5H3. The number of hydrogen-bond donors (Lipinski definition) is 2. The maximum Gasteiger partial charge on any atom is 0.146 e. The van der Waals surface area contributed by atoms with Crippen molar-refractivity contribution >= 4 is 17.1 Å². The van der Waals surface area contributed by atoms with Crippen molar-refractivity contribution in [1.82, 2.24) is 0 Å². The second-order valence-corrected chi connectivity index (χ2v) is 6.88. The van der Waals surface area contributed by atoms with Gasteiger partial charge in [0.2, 0.25) is 0 Å². The number of nitrogens with zero attached hydrogens (tertiary/aromatic N) is 2. The van der Waals surface area contributed by atoms with E-state index in [1.165, 1.54) is 0 Å². The minimum atomic E-state index is -0.165. The fourth-order valence-corrected chi connectivity index (χ4v) is 2.43. The second kappa shape index (κ2) is 6.41. The quantitative estimate of drug-likeness (QED) is 0.575. The first kappa shape index (κ1) is 17.0. The van der Waals surface area contributed by atoms with Crippen molar-refractivity contribution in [2.45, 2.75) is 46.5 Å². The van der Waals surface area contributed by atoms with E-state index in [1.54, 1.807) is 0 Å². The van der Waals surface area contributed by atoms with Crippen LogP contribution in [0.5, 0.6) is 5.75 Å². The molecule has 0 aliphatic carbocycles. The molecule has 0 unspecified atom stereocenters. The fraction of sp³-hybridized carbons (Fsp3) is 0.368. The molecule has 122 valence electrons. The second-order valence-electron chi connectivity index (χ2n) is 6.88. The maximum absolute atomic E-state index is 10.5. The molecule has 0 radical (unpaired) electrons. The summed E-state index contributed by atoms with van der Waals surface area (Å²) in [5, 5.41) is 18.9. The van der Waals surface area contributed by atoms with Gasteiger partial charge in [-0.15, -0.1) is 10.2 Å². The van der Waals surface area contributed by atoms with E-state index in [0.717, 1.165) is 23.1 Å². The van der Waals surface area contributed by atoms with Crippen LogP contribution in [0.25, 0.3) is 0 Å². The number of nitrogens with two attached hydrogens (primary N) is 1. The van der Waals surface area contributed by atoms with Crippen LogP contribution < -0.4 is 5.73 Å². The summed E-state index contributed by atoms with van der Waals surface area (Å²) in [6.45, 7) is 10.2. The zero-order chi connectivity index (χ0) is 17.2. The van der Waals surface area contributed by atoms with Crippen molar-refractivity contribution in [2.75, 3.05) is 5.73 Å². The number of phenolic OH excluding ortho intramolecular Hbond substituents is 1. The summed E-state index contributed by atoms with van der Waals surface area (Å²) < 4.78 is 0. The summed E-state index contributed by atoms with van der Waals surface area (Å²) in [6, 6.07) is 9.56. The van der Waals surface area contributed by atoms with Crippen LogP contribution in [0.2, 0.25) is 0 Å². The van der Waals surface area contributed by atoms with Crippen molar-refractivity contribution in [3.8, 4) is 5.75 Å². The zero-order valence-corrected chi connectivity index (χ0v) is 14.5. The summed E-state index contributed by atoms with van der Waals surface area (Å²) in [4.78, 5) is 0. The van der Waals surface area contributed by atoms with Crippen molar-refractivity contribution in [3.63, 3.8) is 0 Å². The molecule has 0 atom stereocenters. The number of hydrogen-bond acceptors (Lipinski definition) is 4. The van der Waals surface area contributed by atoms with Gasteiger partial charge < -0.3 is 10.8 Å². The molecule has 0 aliphatic rings. The molecule has 0 saturated heterocycles. The monoisotopic (exact) mass is 311 g/mol. The lowest BCUT2D eigenvalue weighted by molar-refractivity contribution is 0.447. The van der Waals surface area contributed by atoms with Gasteiger partial charge in [0.15, 0.2) is 0 Å². The van der Waals surface area contributed by atoms with E-state index in [2.05, 4.69) is 37.9 Å². The van der Waals surface area contributed by atoms with Gasteiger partial charge in [0.05, 0.1) is 5.69 Å². The van der Waals surface area contributed by atoms with Crippen LogP contribution in [0.1, 0.15) is 44.4 Å². The topological polar surface area (TPSA) is 71.0 Å². The zero-order valence-electron chi connectivity index (χ0n) is 14.5. The molecule has 0 aromatic heterocycles. The average molecular weight is 311 g/mol. The van der Waals surface area contributed by atoms with Crippen LogP contribution in [-0.4, -0.2) is 5.11 Å². The van der Waals surface area contributed by atoms with Crippen LogP contribution in [0, 0.1) is 6.92 Å². The molecule has 4 heteroatoms. The van der Waals surface area contributed by atoms with Gasteiger partial charge in [-0.3, -0.25) is 0 Å². The molecule has 4 nitrogen and oxygen atoms in total. The lowest BCUT2D eigenvalue weighted by Crippen LogP contribution is -2.11. The van der Waals surface area contributed by atoms with E-state index < -0.39 is 0 Å². The number of rotatable bonds is 3. The number of phenols is 1. The third-order valence-electron chi connectivity index (χ3n) is 3.81. The largest absolute Gasteiger partial charge is 0.505 e. The Morgan fingerprint density at radius 3 is 2.26 bits per heavy atom. The molecule has 2 aromatic rings. The van der Waals surface area contributed by atoms with E-state index in [0.29, 0.717) is 17.1 Å². The molecule has 0 spiro atoms. The van der Waals surface area contributed by atoms with Gasteiger partial charge in [-0.1, -0.05) is 39.8 Å². The SMILES string of the molecule is CCc1ccc(N=Nc2cc(C)cc(C(C)(C)C)c2O)c(N)c1. The van der Waals surface area contributed by atoms with Crippen molar-refractivity contribution in [3.05, 3.63) is 47.0 Å². The lowest BCUT2D eigenvalue weighted by atomic mass is 9.85. The first-order valence-electron chi connectivity index (χ1n) is 7.86. The van der Waals surface area contributed by atoms with Gasteiger partial charge in [-0.25, -0.2) is 0 Å². The molecule has 0 heterocycles. The van der Waals surface area contributed by atoms with Gasteiger partial charge in [-0.2, -0.15) is 0 Å². The highest BCUT2D eigenvalue weighted by molar-refractivity contribution is 5.64. The molecule has 2 rings (SSSR count). The van der Waals surface area contributed by atoms with E-state index in [-0.39, 0.29) is 11.2 Å². The van der Waals surface area contributed by atoms with Crippen molar-refractivity contribution in [2.24, 2.45) is 10.2 Å². The Bertz CT molecular complexity index is 743. The summed E-state index contributed by atoms with van der Waals surface area (Å²) in [5.74, 6) is 0.176. The highest BCUT2D eigenvalue weighted by atomic mass is 16.3. The molecule has 0 bridgehead atoms. The molecule has 0 fully saturated rings. The predicted molar refractivity (Wildman–Crippen MR) is 96.0 cm³/mol. The third-order valence-corrected chi connectivity index (χ3v) is 3.81. The Hall–Kier alpha value is -2.36. The van der Waals surface area contributed by atoms with E-state index in [1.807, 2.05) is 37.3 Å².